The van der Waals surface area contributed by atoms with Crippen molar-refractivity contribution in [1.29, 1.82) is 0 Å². The van der Waals surface area contributed by atoms with Gasteiger partial charge in [-0.2, -0.15) is 0 Å². The Kier molecular flexibility index (Phi) is 5.51. The van der Waals surface area contributed by atoms with Crippen molar-refractivity contribution in [2.75, 3.05) is 13.2 Å². The first-order chi connectivity index (χ1) is 10.5. The molecule has 0 aromatic heterocycles. The number of halogens is 1. The third-order valence-corrected chi connectivity index (χ3v) is 4.54. The molecule has 0 unspecified atom stereocenters. The second-order valence-electron chi connectivity index (χ2n) is 4.68. The molecule has 0 aliphatic carbocycles. The van der Waals surface area contributed by atoms with E-state index in [9.17, 15) is 12.8 Å². The molecule has 118 valence electrons. The largest absolute Gasteiger partial charge is 0.494 e. The lowest BCUT2D eigenvalue weighted by Crippen LogP contribution is -2.25. The Labute approximate surface area is 130 Å². The summed E-state index contributed by atoms with van der Waals surface area (Å²) in [6.07, 6.45) is 0.497. The van der Waals surface area contributed by atoms with Gasteiger partial charge in [-0.15, -0.1) is 0 Å². The molecule has 0 aliphatic rings. The summed E-state index contributed by atoms with van der Waals surface area (Å²) in [6.45, 7) is 2.64. The van der Waals surface area contributed by atoms with Gasteiger partial charge < -0.3 is 4.74 Å². The van der Waals surface area contributed by atoms with Crippen LogP contribution in [0.5, 0.6) is 5.75 Å². The molecule has 2 aromatic rings. The van der Waals surface area contributed by atoms with E-state index in [4.69, 9.17) is 4.74 Å². The maximum absolute atomic E-state index is 12.8. The van der Waals surface area contributed by atoms with Crippen LogP contribution < -0.4 is 9.46 Å². The average molecular weight is 323 g/mol. The van der Waals surface area contributed by atoms with Crippen LogP contribution in [0.1, 0.15) is 12.5 Å². The van der Waals surface area contributed by atoms with Crippen LogP contribution in [0.25, 0.3) is 0 Å². The highest BCUT2D eigenvalue weighted by molar-refractivity contribution is 7.89. The summed E-state index contributed by atoms with van der Waals surface area (Å²) < 4.78 is 44.9. The molecule has 0 radical (unpaired) electrons. The van der Waals surface area contributed by atoms with Crippen molar-refractivity contribution in [3.63, 3.8) is 0 Å². The van der Waals surface area contributed by atoms with Gasteiger partial charge in [0.15, 0.2) is 0 Å². The summed E-state index contributed by atoms with van der Waals surface area (Å²) in [5.74, 6) is 0.325. The van der Waals surface area contributed by atoms with E-state index in [0.29, 0.717) is 18.8 Å². The van der Waals surface area contributed by atoms with Crippen molar-refractivity contribution in [3.8, 4) is 5.75 Å². The van der Waals surface area contributed by atoms with Crippen LogP contribution in [0, 0.1) is 5.82 Å². The van der Waals surface area contributed by atoms with Crippen LogP contribution in [-0.2, 0) is 16.4 Å². The number of hydrogen-bond acceptors (Lipinski definition) is 3. The van der Waals surface area contributed by atoms with Gasteiger partial charge in [0.1, 0.15) is 11.6 Å². The van der Waals surface area contributed by atoms with E-state index >= 15 is 0 Å². The van der Waals surface area contributed by atoms with E-state index < -0.39 is 10.0 Å². The van der Waals surface area contributed by atoms with E-state index in [1.165, 1.54) is 24.3 Å². The lowest BCUT2D eigenvalue weighted by Gasteiger charge is -2.08. The molecule has 22 heavy (non-hydrogen) atoms. The molecule has 0 bridgehead atoms. The molecule has 2 aromatic carbocycles. The molecule has 0 spiro atoms. The number of rotatable bonds is 7. The summed E-state index contributed by atoms with van der Waals surface area (Å²) in [7, 11) is -3.55. The van der Waals surface area contributed by atoms with Gasteiger partial charge in [-0.25, -0.2) is 17.5 Å². The number of benzene rings is 2. The van der Waals surface area contributed by atoms with Crippen LogP contribution in [0.3, 0.4) is 0 Å². The first kappa shape index (κ1) is 16.5. The van der Waals surface area contributed by atoms with E-state index in [1.807, 2.05) is 6.92 Å². The summed E-state index contributed by atoms with van der Waals surface area (Å²) in [6, 6.07) is 12.3. The molecule has 0 atom stereocenters. The lowest BCUT2D eigenvalue weighted by atomic mass is 10.1. The predicted octanol–water partition coefficient (Wildman–Crippen LogP) is 2.75. The predicted molar refractivity (Wildman–Crippen MR) is 82.9 cm³/mol. The molecule has 1 N–H and O–H groups in total. The van der Waals surface area contributed by atoms with Gasteiger partial charge in [0.25, 0.3) is 0 Å². The Morgan fingerprint density at radius 2 is 1.68 bits per heavy atom. The van der Waals surface area contributed by atoms with Crippen LogP contribution in [-0.4, -0.2) is 21.6 Å². The molecule has 2 rings (SSSR count). The standard InChI is InChI=1S/C16H18FNO3S/c1-2-21-15-7-9-16(10-8-15)22(19,20)18-12-11-13-3-5-14(17)6-4-13/h3-10,18H,2,11-12H2,1H3. The first-order valence-electron chi connectivity index (χ1n) is 6.98. The number of sulfonamides is 1. The lowest BCUT2D eigenvalue weighted by molar-refractivity contribution is 0.340. The second-order valence-corrected chi connectivity index (χ2v) is 6.45. The average Bonchev–Trinajstić information content (AvgIpc) is 2.50. The smallest absolute Gasteiger partial charge is 0.240 e. The van der Waals surface area contributed by atoms with Gasteiger partial charge in [-0.1, -0.05) is 12.1 Å². The van der Waals surface area contributed by atoms with Gasteiger partial charge >= 0.3 is 0 Å². The Morgan fingerprint density at radius 1 is 1.05 bits per heavy atom. The van der Waals surface area contributed by atoms with Gasteiger partial charge in [-0.05, 0) is 55.3 Å². The Bertz CT molecular complexity index is 697. The minimum absolute atomic E-state index is 0.190. The Hall–Kier alpha value is -1.92. The number of ether oxygens (including phenoxy) is 1. The highest BCUT2D eigenvalue weighted by atomic mass is 32.2. The zero-order valence-electron chi connectivity index (χ0n) is 12.3. The minimum atomic E-state index is -3.55. The monoisotopic (exact) mass is 323 g/mol. The van der Waals surface area contributed by atoms with Crippen molar-refractivity contribution in [2.45, 2.75) is 18.2 Å². The fourth-order valence-electron chi connectivity index (χ4n) is 1.95. The van der Waals surface area contributed by atoms with Crippen molar-refractivity contribution < 1.29 is 17.5 Å². The van der Waals surface area contributed by atoms with Gasteiger partial charge in [0.2, 0.25) is 10.0 Å². The van der Waals surface area contributed by atoms with Crippen molar-refractivity contribution in [3.05, 3.63) is 59.9 Å². The minimum Gasteiger partial charge on any atom is -0.494 e. The zero-order chi connectivity index (χ0) is 16.0. The quantitative estimate of drug-likeness (QED) is 0.852. The van der Waals surface area contributed by atoms with Crippen molar-refractivity contribution in [1.82, 2.24) is 4.72 Å². The summed E-state index contributed by atoms with van der Waals surface area (Å²) >= 11 is 0. The van der Waals surface area contributed by atoms with Crippen molar-refractivity contribution >= 4 is 10.0 Å². The topological polar surface area (TPSA) is 55.4 Å². The van der Waals surface area contributed by atoms with Crippen LogP contribution in [0.15, 0.2) is 53.4 Å². The molecule has 6 heteroatoms. The molecule has 0 heterocycles. The van der Waals surface area contributed by atoms with E-state index in [2.05, 4.69) is 4.72 Å². The Morgan fingerprint density at radius 3 is 2.27 bits per heavy atom. The van der Waals surface area contributed by atoms with Gasteiger partial charge in [0.05, 0.1) is 11.5 Å². The molecule has 4 nitrogen and oxygen atoms in total. The van der Waals surface area contributed by atoms with Gasteiger partial charge in [-0.3, -0.25) is 0 Å². The van der Waals surface area contributed by atoms with Crippen LogP contribution >= 0.6 is 0 Å². The first-order valence-corrected chi connectivity index (χ1v) is 8.46. The molecular formula is C16H18FNO3S. The second kappa shape index (κ2) is 7.38. The molecule has 0 fully saturated rings. The number of nitrogens with one attached hydrogen (secondary N) is 1. The molecule has 0 saturated carbocycles. The summed E-state index contributed by atoms with van der Waals surface area (Å²) in [4.78, 5) is 0.190. The van der Waals surface area contributed by atoms with E-state index in [1.54, 1.807) is 24.3 Å². The van der Waals surface area contributed by atoms with Gasteiger partial charge in [0, 0.05) is 6.54 Å². The fraction of sp³-hybridized carbons (Fsp3) is 0.250. The van der Waals surface area contributed by atoms with Crippen molar-refractivity contribution in [2.24, 2.45) is 0 Å². The third kappa shape index (κ3) is 4.54. The van der Waals surface area contributed by atoms with Crippen LogP contribution in [0.4, 0.5) is 4.39 Å². The SMILES string of the molecule is CCOc1ccc(S(=O)(=O)NCCc2ccc(F)cc2)cc1. The van der Waals surface area contributed by atoms with E-state index in [0.717, 1.165) is 5.56 Å². The highest BCUT2D eigenvalue weighted by Crippen LogP contribution is 2.15. The molecule has 0 aliphatic heterocycles. The molecular weight excluding hydrogens is 305 g/mol. The maximum atomic E-state index is 12.8. The zero-order valence-corrected chi connectivity index (χ0v) is 13.1. The molecule has 0 saturated heterocycles. The maximum Gasteiger partial charge on any atom is 0.240 e. The number of hydrogen-bond donors (Lipinski definition) is 1. The third-order valence-electron chi connectivity index (χ3n) is 3.06. The Balaban J connectivity index is 1.94. The van der Waals surface area contributed by atoms with Crippen LogP contribution in [0.2, 0.25) is 0 Å². The summed E-state index contributed by atoms with van der Waals surface area (Å²) in [5.41, 5.74) is 0.871. The fourth-order valence-corrected chi connectivity index (χ4v) is 2.98. The molecule has 0 amide bonds. The van der Waals surface area contributed by atoms with E-state index in [-0.39, 0.29) is 17.3 Å². The highest BCUT2D eigenvalue weighted by Gasteiger charge is 2.13. The normalized spacial score (nSPS) is 11.4. The summed E-state index contributed by atoms with van der Waals surface area (Å²) in [5, 5.41) is 0.